The number of nitrogens with zero attached hydrogens (tertiary/aromatic N) is 2. The molecule has 4 nitrogen and oxygen atoms in total. The van der Waals surface area contributed by atoms with Gasteiger partial charge in [-0.25, -0.2) is 0 Å². The Labute approximate surface area is 177 Å². The van der Waals surface area contributed by atoms with E-state index in [1.807, 2.05) is 24.3 Å². The molecule has 0 aliphatic heterocycles. The zero-order chi connectivity index (χ0) is 20.3. The van der Waals surface area contributed by atoms with Crippen molar-refractivity contribution in [3.63, 3.8) is 0 Å². The Morgan fingerprint density at radius 3 is 2.10 bits per heavy atom. The molecule has 150 valence electrons. The summed E-state index contributed by atoms with van der Waals surface area (Å²) in [5.74, 6) is 5.97. The van der Waals surface area contributed by atoms with Crippen LogP contribution in [0.2, 0.25) is 0 Å². The molecule has 7 atom stereocenters. The van der Waals surface area contributed by atoms with Gasteiger partial charge in [0.15, 0.2) is 0 Å². The van der Waals surface area contributed by atoms with Gasteiger partial charge < -0.3 is 9.47 Å². The molecular weight excluding hydrogens is 372 g/mol. The van der Waals surface area contributed by atoms with E-state index in [4.69, 9.17) is 20.0 Å². The third kappa shape index (κ3) is 2.37. The van der Waals surface area contributed by atoms with Crippen LogP contribution in [0.1, 0.15) is 49.1 Å². The maximum atomic E-state index is 8.81. The van der Waals surface area contributed by atoms with Crippen LogP contribution in [-0.4, -0.2) is 0 Å². The van der Waals surface area contributed by atoms with Gasteiger partial charge in [-0.15, -0.1) is 10.5 Å². The molecule has 0 aromatic heterocycles. The molecule has 4 aliphatic carbocycles. The van der Waals surface area contributed by atoms with E-state index in [0.29, 0.717) is 17.4 Å². The minimum absolute atomic E-state index is 0.243. The molecule has 0 heterocycles. The molecule has 0 spiro atoms. The first-order valence-corrected chi connectivity index (χ1v) is 11.1. The Morgan fingerprint density at radius 2 is 1.43 bits per heavy atom. The normalized spacial score (nSPS) is 37.4. The summed E-state index contributed by atoms with van der Waals surface area (Å²) in [4.78, 5) is 0. The summed E-state index contributed by atoms with van der Waals surface area (Å²) in [5, 5.41) is 17.6. The molecule has 2 aromatic rings. The fourth-order valence-corrected chi connectivity index (χ4v) is 8.17. The summed E-state index contributed by atoms with van der Waals surface area (Å²) in [6, 6.07) is 16.5. The van der Waals surface area contributed by atoms with Crippen molar-refractivity contribution in [2.45, 2.75) is 43.4 Å². The summed E-state index contributed by atoms with van der Waals surface area (Å²) in [5.41, 5.74) is 3.06. The SMILES string of the molecule is N#COc1ccc(C2CC3(c4ccc(OC#N)cc4)CC2C2C4CCC(C4)C23)cc1. The lowest BCUT2D eigenvalue weighted by atomic mass is 9.59. The topological polar surface area (TPSA) is 66.0 Å². The van der Waals surface area contributed by atoms with Gasteiger partial charge in [0.05, 0.1) is 0 Å². The highest BCUT2D eigenvalue weighted by atomic mass is 16.5. The zero-order valence-electron chi connectivity index (χ0n) is 16.8. The summed E-state index contributed by atoms with van der Waals surface area (Å²) in [6.07, 6.45) is 10.2. The first kappa shape index (κ1) is 17.8. The Hall–Kier alpha value is -2.98. The van der Waals surface area contributed by atoms with Crippen molar-refractivity contribution >= 4 is 0 Å². The van der Waals surface area contributed by atoms with E-state index in [9.17, 15) is 0 Å². The second-order valence-electron chi connectivity index (χ2n) is 9.75. The maximum absolute atomic E-state index is 8.81. The number of benzene rings is 2. The van der Waals surface area contributed by atoms with Crippen LogP contribution in [0.3, 0.4) is 0 Å². The van der Waals surface area contributed by atoms with E-state index in [-0.39, 0.29) is 5.41 Å². The van der Waals surface area contributed by atoms with Crippen LogP contribution in [0.4, 0.5) is 0 Å². The van der Waals surface area contributed by atoms with E-state index >= 15 is 0 Å². The molecule has 4 saturated carbocycles. The third-order valence-electron chi connectivity index (χ3n) is 8.88. The number of nitriles is 2. The standard InChI is InChI=1S/C26H24N2O2/c27-14-29-20-7-3-16(4-8-20)22-12-26(19-5-9-21(10-6-19)30-15-28)13-23(22)24-17-1-2-18(11-17)25(24)26/h3-10,17-18,22-25H,1-2,11-13H2. The van der Waals surface area contributed by atoms with Crippen LogP contribution in [0.5, 0.6) is 11.5 Å². The van der Waals surface area contributed by atoms with Gasteiger partial charge in [0.25, 0.3) is 12.5 Å². The minimum Gasteiger partial charge on any atom is -0.388 e. The molecule has 4 aliphatic rings. The van der Waals surface area contributed by atoms with Gasteiger partial charge in [-0.3, -0.25) is 0 Å². The predicted octanol–water partition coefficient (Wildman–Crippen LogP) is 5.51. The van der Waals surface area contributed by atoms with Gasteiger partial charge in [-0.1, -0.05) is 24.3 Å². The summed E-state index contributed by atoms with van der Waals surface area (Å²) < 4.78 is 10.0. The van der Waals surface area contributed by atoms with Crippen LogP contribution in [0.15, 0.2) is 48.5 Å². The highest BCUT2D eigenvalue weighted by molar-refractivity contribution is 5.42. The van der Waals surface area contributed by atoms with E-state index in [1.54, 1.807) is 12.5 Å². The summed E-state index contributed by atoms with van der Waals surface area (Å²) in [6.45, 7) is 0. The highest BCUT2D eigenvalue weighted by Crippen LogP contribution is 2.75. The van der Waals surface area contributed by atoms with Crippen molar-refractivity contribution in [3.05, 3.63) is 59.7 Å². The number of rotatable bonds is 4. The molecule has 7 unspecified atom stereocenters. The van der Waals surface area contributed by atoms with Gasteiger partial charge in [-0.2, -0.15) is 0 Å². The first-order chi connectivity index (χ1) is 14.7. The van der Waals surface area contributed by atoms with Crippen molar-refractivity contribution in [1.29, 1.82) is 10.5 Å². The Bertz CT molecular complexity index is 1050. The minimum atomic E-state index is 0.243. The van der Waals surface area contributed by atoms with Crippen LogP contribution in [0.25, 0.3) is 0 Å². The second kappa shape index (κ2) is 6.51. The van der Waals surface area contributed by atoms with Crippen molar-refractivity contribution < 1.29 is 9.47 Å². The highest BCUT2D eigenvalue weighted by Gasteiger charge is 2.69. The molecule has 0 radical (unpaired) electrons. The van der Waals surface area contributed by atoms with Crippen molar-refractivity contribution in [1.82, 2.24) is 0 Å². The largest absolute Gasteiger partial charge is 0.388 e. The van der Waals surface area contributed by atoms with Crippen molar-refractivity contribution in [2.24, 2.45) is 29.6 Å². The lowest BCUT2D eigenvalue weighted by Crippen LogP contribution is -2.40. The lowest BCUT2D eigenvalue weighted by molar-refractivity contribution is 0.110. The second-order valence-corrected chi connectivity index (χ2v) is 9.75. The van der Waals surface area contributed by atoms with E-state index in [2.05, 4.69) is 24.3 Å². The van der Waals surface area contributed by atoms with Crippen molar-refractivity contribution in [3.8, 4) is 24.0 Å². The van der Waals surface area contributed by atoms with Crippen molar-refractivity contribution in [2.75, 3.05) is 0 Å². The first-order valence-electron chi connectivity index (χ1n) is 11.1. The van der Waals surface area contributed by atoms with Gasteiger partial charge >= 0.3 is 0 Å². The molecular formula is C26H24N2O2. The van der Waals surface area contributed by atoms with E-state index in [0.717, 1.165) is 29.6 Å². The molecule has 4 fully saturated rings. The quantitative estimate of drug-likeness (QED) is 0.504. The lowest BCUT2D eigenvalue weighted by Gasteiger charge is -2.45. The molecule has 0 N–H and O–H groups in total. The number of fused-ring (bicyclic) bond motifs is 9. The van der Waals surface area contributed by atoms with E-state index < -0.39 is 0 Å². The third-order valence-corrected chi connectivity index (χ3v) is 8.88. The average Bonchev–Trinajstić information content (AvgIpc) is 3.54. The van der Waals surface area contributed by atoms with Gasteiger partial charge in [-0.05, 0) is 108 Å². The molecule has 6 rings (SSSR count). The van der Waals surface area contributed by atoms with Crippen LogP contribution in [0, 0.1) is 52.6 Å². The molecule has 0 amide bonds. The zero-order valence-corrected chi connectivity index (χ0v) is 16.8. The number of hydrogen-bond donors (Lipinski definition) is 0. The van der Waals surface area contributed by atoms with Crippen LogP contribution < -0.4 is 9.47 Å². The average molecular weight is 396 g/mol. The van der Waals surface area contributed by atoms with Gasteiger partial charge in [0.1, 0.15) is 11.5 Å². The molecule has 2 aromatic carbocycles. The Balaban J connectivity index is 1.38. The fourth-order valence-electron chi connectivity index (χ4n) is 8.17. The Kier molecular flexibility index (Phi) is 3.87. The fraction of sp³-hybridized carbons (Fsp3) is 0.462. The van der Waals surface area contributed by atoms with Gasteiger partial charge in [0.2, 0.25) is 0 Å². The molecule has 4 heteroatoms. The van der Waals surface area contributed by atoms with E-state index in [1.165, 1.54) is 43.2 Å². The van der Waals surface area contributed by atoms with Crippen LogP contribution >= 0.6 is 0 Å². The van der Waals surface area contributed by atoms with Gasteiger partial charge in [0, 0.05) is 0 Å². The predicted molar refractivity (Wildman–Crippen MR) is 110 cm³/mol. The summed E-state index contributed by atoms with van der Waals surface area (Å²) >= 11 is 0. The number of ether oxygens (including phenoxy) is 2. The molecule has 4 bridgehead atoms. The smallest absolute Gasteiger partial charge is 0.292 e. The maximum Gasteiger partial charge on any atom is 0.292 e. The monoisotopic (exact) mass is 396 g/mol. The Morgan fingerprint density at radius 1 is 0.800 bits per heavy atom. The molecule has 30 heavy (non-hydrogen) atoms. The number of hydrogen-bond acceptors (Lipinski definition) is 4. The summed E-state index contributed by atoms with van der Waals surface area (Å²) in [7, 11) is 0. The molecule has 0 saturated heterocycles. The van der Waals surface area contributed by atoms with Crippen LogP contribution in [-0.2, 0) is 5.41 Å².